The monoisotopic (exact) mass is 438 g/mol. The second-order valence-electron chi connectivity index (χ2n) is 7.36. The van der Waals surface area contributed by atoms with Crippen molar-refractivity contribution in [3.8, 4) is 11.5 Å². The molecule has 3 aromatic carbocycles. The third kappa shape index (κ3) is 5.63. The van der Waals surface area contributed by atoms with E-state index in [0.29, 0.717) is 18.2 Å². The van der Waals surface area contributed by atoms with Crippen LogP contribution < -0.4 is 19.7 Å². The largest absolute Gasteiger partial charge is 0.493 e. The number of nitrogens with one attached hydrogen (secondary N) is 1. The van der Waals surface area contributed by atoms with Gasteiger partial charge in [-0.15, -0.1) is 0 Å². The molecule has 1 heterocycles. The molecule has 1 aliphatic rings. The van der Waals surface area contributed by atoms with E-state index in [4.69, 9.17) is 25.8 Å². The van der Waals surface area contributed by atoms with Crippen LogP contribution in [0.4, 0.5) is 11.4 Å². The van der Waals surface area contributed by atoms with Crippen LogP contribution in [-0.4, -0.2) is 33.4 Å². The molecule has 0 bridgehead atoms. The first-order valence-corrected chi connectivity index (χ1v) is 10.8. The lowest BCUT2D eigenvalue weighted by atomic mass is 10.1. The molecule has 0 aliphatic carbocycles. The molecule has 162 valence electrons. The van der Waals surface area contributed by atoms with E-state index in [0.717, 1.165) is 54.6 Å². The number of ether oxygens (including phenoxy) is 3. The van der Waals surface area contributed by atoms with Gasteiger partial charge in [-0.1, -0.05) is 35.9 Å². The van der Waals surface area contributed by atoms with E-state index in [1.165, 1.54) is 5.69 Å². The smallest absolute Gasteiger partial charge is 0.166 e. The van der Waals surface area contributed by atoms with E-state index in [2.05, 4.69) is 40.5 Å². The quantitative estimate of drug-likeness (QED) is 0.511. The van der Waals surface area contributed by atoms with Crippen molar-refractivity contribution in [1.29, 1.82) is 0 Å². The van der Waals surface area contributed by atoms with Crippen LogP contribution in [0.5, 0.6) is 11.5 Å². The number of hydrogen-bond donors (Lipinski definition) is 1. The first kappa shape index (κ1) is 21.3. The van der Waals surface area contributed by atoms with Gasteiger partial charge in [0.25, 0.3) is 0 Å². The Morgan fingerprint density at radius 1 is 0.968 bits per heavy atom. The van der Waals surface area contributed by atoms with Crippen molar-refractivity contribution in [2.45, 2.75) is 13.2 Å². The van der Waals surface area contributed by atoms with Crippen LogP contribution in [-0.2, 0) is 17.9 Å². The Kier molecular flexibility index (Phi) is 7.18. The van der Waals surface area contributed by atoms with Crippen LogP contribution in [0.2, 0.25) is 5.02 Å². The van der Waals surface area contributed by atoms with Crippen molar-refractivity contribution in [3.63, 3.8) is 0 Å². The number of hydrogen-bond acceptors (Lipinski definition) is 5. The highest BCUT2D eigenvalue weighted by Crippen LogP contribution is 2.32. The summed E-state index contributed by atoms with van der Waals surface area (Å²) in [5.41, 5.74) is 4.36. The minimum absolute atomic E-state index is 0.443. The maximum atomic E-state index is 6.15. The number of para-hydroxylation sites is 1. The van der Waals surface area contributed by atoms with Gasteiger partial charge in [0.1, 0.15) is 6.61 Å². The molecule has 1 N–H and O–H groups in total. The van der Waals surface area contributed by atoms with Crippen molar-refractivity contribution in [2.75, 3.05) is 43.6 Å². The highest BCUT2D eigenvalue weighted by atomic mass is 35.5. The van der Waals surface area contributed by atoms with Crippen LogP contribution in [0.15, 0.2) is 66.7 Å². The van der Waals surface area contributed by atoms with E-state index in [-0.39, 0.29) is 0 Å². The maximum Gasteiger partial charge on any atom is 0.166 e. The molecule has 0 aromatic heterocycles. The third-order valence-corrected chi connectivity index (χ3v) is 5.56. The van der Waals surface area contributed by atoms with Gasteiger partial charge >= 0.3 is 0 Å². The van der Waals surface area contributed by atoms with Crippen molar-refractivity contribution in [1.82, 2.24) is 0 Å². The predicted molar refractivity (Wildman–Crippen MR) is 126 cm³/mol. The lowest BCUT2D eigenvalue weighted by Gasteiger charge is -2.29. The second-order valence-corrected chi connectivity index (χ2v) is 7.80. The Balaban J connectivity index is 1.42. The molecule has 3 aromatic rings. The summed E-state index contributed by atoms with van der Waals surface area (Å²) in [6.45, 7) is 4.52. The molecular weight excluding hydrogens is 412 g/mol. The van der Waals surface area contributed by atoms with Gasteiger partial charge in [-0.25, -0.2) is 0 Å². The van der Waals surface area contributed by atoms with Gasteiger partial charge in [-0.05, 0) is 48.0 Å². The second kappa shape index (κ2) is 10.4. The molecule has 31 heavy (non-hydrogen) atoms. The Hall–Kier alpha value is -2.89. The fourth-order valence-corrected chi connectivity index (χ4v) is 3.70. The highest BCUT2D eigenvalue weighted by molar-refractivity contribution is 6.30. The van der Waals surface area contributed by atoms with Gasteiger partial charge in [0, 0.05) is 41.6 Å². The lowest BCUT2D eigenvalue weighted by molar-refractivity contribution is 0.122. The molecule has 0 spiro atoms. The average molecular weight is 439 g/mol. The Morgan fingerprint density at radius 2 is 1.71 bits per heavy atom. The van der Waals surface area contributed by atoms with E-state index in [1.807, 2.05) is 36.4 Å². The average Bonchev–Trinajstić information content (AvgIpc) is 2.83. The van der Waals surface area contributed by atoms with Crippen LogP contribution >= 0.6 is 11.6 Å². The zero-order valence-electron chi connectivity index (χ0n) is 17.6. The summed E-state index contributed by atoms with van der Waals surface area (Å²) in [7, 11) is 1.66. The van der Waals surface area contributed by atoms with Gasteiger partial charge in [-0.3, -0.25) is 0 Å². The van der Waals surface area contributed by atoms with Gasteiger partial charge in [0.05, 0.1) is 20.3 Å². The molecule has 4 rings (SSSR count). The van der Waals surface area contributed by atoms with Gasteiger partial charge < -0.3 is 24.4 Å². The van der Waals surface area contributed by atoms with Gasteiger partial charge in [0.2, 0.25) is 0 Å². The van der Waals surface area contributed by atoms with Crippen molar-refractivity contribution in [2.24, 2.45) is 0 Å². The SMILES string of the molecule is COc1cccc(CNc2ccc(N3CCOCC3)cc2)c1OCc1ccc(Cl)cc1. The number of morpholine rings is 1. The predicted octanol–water partition coefficient (Wildman–Crippen LogP) is 5.38. The van der Waals surface area contributed by atoms with Crippen LogP contribution in [0.3, 0.4) is 0 Å². The Bertz CT molecular complexity index is 971. The minimum Gasteiger partial charge on any atom is -0.493 e. The molecule has 0 saturated carbocycles. The summed E-state index contributed by atoms with van der Waals surface area (Å²) in [6.07, 6.45) is 0. The van der Waals surface area contributed by atoms with E-state index < -0.39 is 0 Å². The molecular formula is C25H27ClN2O3. The number of rotatable bonds is 8. The molecule has 0 atom stereocenters. The highest BCUT2D eigenvalue weighted by Gasteiger charge is 2.13. The van der Waals surface area contributed by atoms with Crippen LogP contribution in [0, 0.1) is 0 Å². The normalized spacial score (nSPS) is 13.7. The summed E-state index contributed by atoms with van der Waals surface area (Å²) in [5, 5.41) is 4.21. The van der Waals surface area contributed by atoms with E-state index >= 15 is 0 Å². The number of methoxy groups -OCH3 is 1. The van der Waals surface area contributed by atoms with E-state index in [1.54, 1.807) is 7.11 Å². The number of nitrogens with zero attached hydrogens (tertiary/aromatic N) is 1. The summed E-state index contributed by atoms with van der Waals surface area (Å²) >= 11 is 5.98. The number of anilines is 2. The van der Waals surface area contributed by atoms with Crippen molar-refractivity contribution >= 4 is 23.0 Å². The standard InChI is InChI=1S/C25H27ClN2O3/c1-29-24-4-2-3-20(25(24)31-18-19-5-7-21(26)8-6-19)17-27-22-9-11-23(12-10-22)28-13-15-30-16-14-28/h2-12,27H,13-18H2,1H3. The maximum absolute atomic E-state index is 6.15. The lowest BCUT2D eigenvalue weighted by Crippen LogP contribution is -2.36. The molecule has 1 aliphatic heterocycles. The van der Waals surface area contributed by atoms with E-state index in [9.17, 15) is 0 Å². The minimum atomic E-state index is 0.443. The first-order chi connectivity index (χ1) is 15.2. The van der Waals surface area contributed by atoms with Gasteiger partial charge in [0.15, 0.2) is 11.5 Å². The number of halogens is 1. The number of benzene rings is 3. The van der Waals surface area contributed by atoms with Crippen LogP contribution in [0.25, 0.3) is 0 Å². The van der Waals surface area contributed by atoms with Crippen molar-refractivity contribution < 1.29 is 14.2 Å². The zero-order valence-corrected chi connectivity index (χ0v) is 18.4. The summed E-state index contributed by atoms with van der Waals surface area (Å²) in [5.74, 6) is 1.47. The molecule has 0 radical (unpaired) electrons. The van der Waals surface area contributed by atoms with Crippen LogP contribution in [0.1, 0.15) is 11.1 Å². The Labute approximate surface area is 188 Å². The summed E-state index contributed by atoms with van der Waals surface area (Å²) in [4.78, 5) is 2.35. The Morgan fingerprint density at radius 3 is 2.42 bits per heavy atom. The molecule has 6 heteroatoms. The summed E-state index contributed by atoms with van der Waals surface area (Å²) in [6, 6.07) is 22.1. The molecule has 1 fully saturated rings. The molecule has 5 nitrogen and oxygen atoms in total. The fraction of sp³-hybridized carbons (Fsp3) is 0.280. The third-order valence-electron chi connectivity index (χ3n) is 5.30. The molecule has 0 unspecified atom stereocenters. The molecule has 1 saturated heterocycles. The molecule has 0 amide bonds. The first-order valence-electron chi connectivity index (χ1n) is 10.4. The zero-order chi connectivity index (χ0) is 21.5. The van der Waals surface area contributed by atoms with Crippen molar-refractivity contribution in [3.05, 3.63) is 82.9 Å². The fourth-order valence-electron chi connectivity index (χ4n) is 3.57. The van der Waals surface area contributed by atoms with Gasteiger partial charge in [-0.2, -0.15) is 0 Å². The topological polar surface area (TPSA) is 43.0 Å². The summed E-state index contributed by atoms with van der Waals surface area (Å²) < 4.78 is 17.1.